The minimum atomic E-state index is -0.593. The van der Waals surface area contributed by atoms with Gasteiger partial charge in [0.15, 0.2) is 5.82 Å². The summed E-state index contributed by atoms with van der Waals surface area (Å²) < 4.78 is 19.2. The van der Waals surface area contributed by atoms with Crippen molar-refractivity contribution in [1.82, 2.24) is 0 Å². The van der Waals surface area contributed by atoms with Crippen LogP contribution in [0.1, 0.15) is 18.5 Å². The topological polar surface area (TPSA) is 21.3 Å². The average Bonchev–Trinajstić information content (AvgIpc) is 2.47. The van der Waals surface area contributed by atoms with E-state index < -0.39 is 5.82 Å². The third-order valence-electron chi connectivity index (χ3n) is 3.63. The molecule has 0 fully saturated rings. The molecule has 0 saturated carbocycles. The van der Waals surface area contributed by atoms with E-state index in [0.29, 0.717) is 12.3 Å². The lowest BCUT2D eigenvalue weighted by Gasteiger charge is -2.32. The summed E-state index contributed by atoms with van der Waals surface area (Å²) in [6.45, 7) is 2.72. The third kappa shape index (κ3) is 2.81. The monoisotopic (exact) mass is 325 g/mol. The summed E-state index contributed by atoms with van der Waals surface area (Å²) in [5, 5.41) is 3.40. The molecule has 1 N–H and O–H groups in total. The molecule has 2 atom stereocenters. The molecule has 0 aromatic heterocycles. The first-order chi connectivity index (χ1) is 10.1. The van der Waals surface area contributed by atoms with Gasteiger partial charge in [0.1, 0.15) is 5.75 Å². The first kappa shape index (κ1) is 14.5. The summed E-state index contributed by atoms with van der Waals surface area (Å²) in [5.41, 5.74) is 1.77. The van der Waals surface area contributed by atoms with Crippen LogP contribution in [-0.2, 0) is 0 Å². The van der Waals surface area contributed by atoms with Gasteiger partial charge >= 0.3 is 0 Å². The molecule has 3 rings (SSSR count). The van der Waals surface area contributed by atoms with E-state index in [0.717, 1.165) is 11.3 Å². The zero-order chi connectivity index (χ0) is 15.0. The lowest BCUT2D eigenvalue weighted by atomic mass is 9.92. The molecular weight excluding hydrogens is 312 g/mol. The fraction of sp³-hybridized carbons (Fsp3) is 0.250. The van der Waals surface area contributed by atoms with Crippen molar-refractivity contribution in [2.45, 2.75) is 13.0 Å². The number of nitrogens with one attached hydrogen (secondary N) is 1. The van der Waals surface area contributed by atoms with Crippen LogP contribution in [-0.4, -0.2) is 6.61 Å². The quantitative estimate of drug-likeness (QED) is 0.755. The Morgan fingerprint density at radius 1 is 1.19 bits per heavy atom. The fourth-order valence-electron chi connectivity index (χ4n) is 2.53. The van der Waals surface area contributed by atoms with Crippen LogP contribution < -0.4 is 10.1 Å². The molecule has 0 radical (unpaired) electrons. The SMILES string of the molecule is CC1COc2ccccc2C1Nc1cc(Cl)c(F)c(Cl)c1. The maximum absolute atomic E-state index is 13.5. The van der Waals surface area contributed by atoms with Crippen molar-refractivity contribution in [1.29, 1.82) is 0 Å². The first-order valence-electron chi connectivity index (χ1n) is 6.69. The molecule has 0 aliphatic carbocycles. The number of anilines is 1. The number of para-hydroxylation sites is 1. The Bertz CT molecular complexity index is 654. The molecule has 0 bridgehead atoms. The minimum Gasteiger partial charge on any atom is -0.493 e. The number of fused-ring (bicyclic) bond motifs is 1. The van der Waals surface area contributed by atoms with Gasteiger partial charge in [0, 0.05) is 17.2 Å². The molecule has 2 unspecified atom stereocenters. The number of hydrogen-bond acceptors (Lipinski definition) is 2. The Labute approximate surface area is 132 Å². The Hall–Kier alpha value is -1.45. The number of halogens is 3. The van der Waals surface area contributed by atoms with Crippen molar-refractivity contribution in [3.63, 3.8) is 0 Å². The maximum Gasteiger partial charge on any atom is 0.160 e. The van der Waals surface area contributed by atoms with Crippen LogP contribution in [0.3, 0.4) is 0 Å². The summed E-state index contributed by atoms with van der Waals surface area (Å²) in [5.74, 6) is 0.541. The normalized spacial score (nSPS) is 20.6. The molecule has 0 amide bonds. The maximum atomic E-state index is 13.5. The van der Waals surface area contributed by atoms with Crippen molar-refractivity contribution in [2.24, 2.45) is 5.92 Å². The van der Waals surface area contributed by atoms with Crippen molar-refractivity contribution >= 4 is 28.9 Å². The molecule has 1 aliphatic heterocycles. The molecule has 2 aromatic rings. The second-order valence-electron chi connectivity index (χ2n) is 5.20. The predicted molar refractivity (Wildman–Crippen MR) is 83.9 cm³/mol. The van der Waals surface area contributed by atoms with Gasteiger partial charge in [0.25, 0.3) is 0 Å². The molecule has 1 heterocycles. The zero-order valence-electron chi connectivity index (χ0n) is 11.4. The van der Waals surface area contributed by atoms with Crippen molar-refractivity contribution in [2.75, 3.05) is 11.9 Å². The summed E-state index contributed by atoms with van der Waals surface area (Å²) in [6.07, 6.45) is 0. The van der Waals surface area contributed by atoms with E-state index in [-0.39, 0.29) is 22.0 Å². The molecule has 1 aliphatic rings. The smallest absolute Gasteiger partial charge is 0.160 e. The molecule has 0 saturated heterocycles. The van der Waals surface area contributed by atoms with Gasteiger partial charge < -0.3 is 10.1 Å². The van der Waals surface area contributed by atoms with Crippen molar-refractivity contribution in [3.05, 3.63) is 57.8 Å². The molecular formula is C16H14Cl2FNO. The summed E-state index contributed by atoms with van der Waals surface area (Å²) in [6, 6.07) is 11.0. The molecule has 2 nitrogen and oxygen atoms in total. The van der Waals surface area contributed by atoms with Gasteiger partial charge in [0.05, 0.1) is 22.7 Å². The summed E-state index contributed by atoms with van der Waals surface area (Å²) in [7, 11) is 0. The highest BCUT2D eigenvalue weighted by Crippen LogP contribution is 2.38. The van der Waals surface area contributed by atoms with Gasteiger partial charge in [-0.1, -0.05) is 48.3 Å². The lowest BCUT2D eigenvalue weighted by molar-refractivity contribution is 0.214. The van der Waals surface area contributed by atoms with E-state index >= 15 is 0 Å². The van der Waals surface area contributed by atoms with E-state index in [1.54, 1.807) is 12.1 Å². The minimum absolute atomic E-state index is 0.0120. The molecule has 5 heteroatoms. The zero-order valence-corrected chi connectivity index (χ0v) is 12.9. The highest BCUT2D eigenvalue weighted by atomic mass is 35.5. The van der Waals surface area contributed by atoms with Crippen LogP contribution >= 0.6 is 23.2 Å². The van der Waals surface area contributed by atoms with Crippen LogP contribution in [0.15, 0.2) is 36.4 Å². The second-order valence-corrected chi connectivity index (χ2v) is 6.02. The Morgan fingerprint density at radius 3 is 2.57 bits per heavy atom. The van der Waals surface area contributed by atoms with Gasteiger partial charge in [-0.25, -0.2) is 4.39 Å². The van der Waals surface area contributed by atoms with Crippen LogP contribution in [0.4, 0.5) is 10.1 Å². The van der Waals surface area contributed by atoms with Crippen molar-refractivity contribution in [3.8, 4) is 5.75 Å². The Morgan fingerprint density at radius 2 is 1.86 bits per heavy atom. The highest BCUT2D eigenvalue weighted by Gasteiger charge is 2.27. The third-order valence-corrected chi connectivity index (χ3v) is 4.18. The van der Waals surface area contributed by atoms with E-state index in [9.17, 15) is 4.39 Å². The van der Waals surface area contributed by atoms with E-state index in [1.807, 2.05) is 24.3 Å². The van der Waals surface area contributed by atoms with E-state index in [4.69, 9.17) is 27.9 Å². The van der Waals surface area contributed by atoms with Crippen LogP contribution in [0.5, 0.6) is 5.75 Å². The highest BCUT2D eigenvalue weighted by molar-refractivity contribution is 6.35. The number of rotatable bonds is 2. The van der Waals surface area contributed by atoms with E-state index in [2.05, 4.69) is 12.2 Å². The Balaban J connectivity index is 1.94. The summed E-state index contributed by atoms with van der Waals surface area (Å²) in [4.78, 5) is 0. The first-order valence-corrected chi connectivity index (χ1v) is 7.44. The molecule has 0 spiro atoms. The van der Waals surface area contributed by atoms with Crippen LogP contribution in [0.2, 0.25) is 10.0 Å². The van der Waals surface area contributed by atoms with Crippen LogP contribution in [0, 0.1) is 11.7 Å². The molecule has 21 heavy (non-hydrogen) atoms. The lowest BCUT2D eigenvalue weighted by Crippen LogP contribution is -2.28. The van der Waals surface area contributed by atoms with Crippen LogP contribution in [0.25, 0.3) is 0 Å². The van der Waals surface area contributed by atoms with Gasteiger partial charge in [-0.15, -0.1) is 0 Å². The van der Waals surface area contributed by atoms with Gasteiger partial charge in [-0.05, 0) is 18.2 Å². The number of benzene rings is 2. The van der Waals surface area contributed by atoms with E-state index in [1.165, 1.54) is 0 Å². The predicted octanol–water partition coefficient (Wildman–Crippen LogP) is 5.31. The summed E-state index contributed by atoms with van der Waals surface area (Å²) >= 11 is 11.7. The number of hydrogen-bond donors (Lipinski definition) is 1. The van der Waals surface area contributed by atoms with Gasteiger partial charge in [-0.3, -0.25) is 0 Å². The second kappa shape index (κ2) is 5.74. The standard InChI is InChI=1S/C16H14Cl2FNO/c1-9-8-21-14-5-3-2-4-11(14)16(9)20-10-6-12(17)15(19)13(18)7-10/h2-7,9,16,20H,8H2,1H3. The number of ether oxygens (including phenoxy) is 1. The van der Waals surface area contributed by atoms with Gasteiger partial charge in [-0.2, -0.15) is 0 Å². The Kier molecular flexibility index (Phi) is 3.96. The fourth-order valence-corrected chi connectivity index (χ4v) is 3.02. The van der Waals surface area contributed by atoms with Crippen molar-refractivity contribution < 1.29 is 9.13 Å². The molecule has 2 aromatic carbocycles. The van der Waals surface area contributed by atoms with Gasteiger partial charge in [0.2, 0.25) is 0 Å². The molecule has 110 valence electrons. The average molecular weight is 326 g/mol. The largest absolute Gasteiger partial charge is 0.493 e.